The topological polar surface area (TPSA) is 194 Å². The van der Waals surface area contributed by atoms with E-state index in [4.69, 9.17) is 11.5 Å². The first kappa shape index (κ1) is 29.9. The number of primary amides is 1. The fourth-order valence-corrected chi connectivity index (χ4v) is 3.38. The van der Waals surface area contributed by atoms with Crippen LogP contribution < -0.4 is 27.4 Å². The van der Waals surface area contributed by atoms with Gasteiger partial charge in [0.25, 0.3) is 0 Å². The minimum Gasteiger partial charge on any atom is -0.480 e. The van der Waals surface area contributed by atoms with E-state index in [2.05, 4.69) is 28.6 Å². The Hall–Kier alpha value is -3.12. The Morgan fingerprint density at radius 1 is 0.914 bits per heavy atom. The van der Waals surface area contributed by atoms with Crippen LogP contribution >= 0.6 is 12.6 Å². The van der Waals surface area contributed by atoms with E-state index in [9.17, 15) is 29.1 Å². The van der Waals surface area contributed by atoms with Gasteiger partial charge in [-0.25, -0.2) is 4.79 Å². The van der Waals surface area contributed by atoms with Gasteiger partial charge in [-0.2, -0.15) is 12.6 Å². The van der Waals surface area contributed by atoms with E-state index in [-0.39, 0.29) is 37.4 Å². The highest BCUT2D eigenvalue weighted by Gasteiger charge is 2.30. The number of carbonyl (C=O) groups is 5. The minimum absolute atomic E-state index is 0.0280. The molecular formula is C23H35N5O6S. The zero-order valence-corrected chi connectivity index (χ0v) is 20.8. The van der Waals surface area contributed by atoms with Crippen LogP contribution in [0.3, 0.4) is 0 Å². The lowest BCUT2D eigenvalue weighted by atomic mass is 10.00. The van der Waals surface area contributed by atoms with Gasteiger partial charge in [-0.1, -0.05) is 44.2 Å². The number of thiol groups is 1. The Bertz CT molecular complexity index is 882. The van der Waals surface area contributed by atoms with Gasteiger partial charge in [0, 0.05) is 18.6 Å². The zero-order chi connectivity index (χ0) is 26.5. The van der Waals surface area contributed by atoms with Crippen molar-refractivity contribution in [3.63, 3.8) is 0 Å². The predicted molar refractivity (Wildman–Crippen MR) is 133 cm³/mol. The summed E-state index contributed by atoms with van der Waals surface area (Å²) in [7, 11) is 0. The predicted octanol–water partition coefficient (Wildman–Crippen LogP) is -0.663. The van der Waals surface area contributed by atoms with Gasteiger partial charge in [0.1, 0.15) is 18.1 Å². The first-order chi connectivity index (χ1) is 16.4. The van der Waals surface area contributed by atoms with Crippen LogP contribution in [-0.4, -0.2) is 64.6 Å². The number of nitrogens with two attached hydrogens (primary N) is 2. The second kappa shape index (κ2) is 15.0. The van der Waals surface area contributed by atoms with Crippen molar-refractivity contribution in [1.82, 2.24) is 16.0 Å². The molecule has 12 heteroatoms. The highest BCUT2D eigenvalue weighted by Crippen LogP contribution is 2.09. The number of rotatable bonds is 15. The highest BCUT2D eigenvalue weighted by molar-refractivity contribution is 7.80. The molecule has 4 amide bonds. The number of hydrogen-bond donors (Lipinski definition) is 7. The third-order valence-corrected chi connectivity index (χ3v) is 5.48. The zero-order valence-electron chi connectivity index (χ0n) is 19.9. The molecule has 35 heavy (non-hydrogen) atoms. The van der Waals surface area contributed by atoms with Crippen molar-refractivity contribution in [2.45, 2.75) is 63.7 Å². The molecule has 0 radical (unpaired) electrons. The third kappa shape index (κ3) is 11.2. The smallest absolute Gasteiger partial charge is 0.326 e. The fraction of sp³-hybridized carbons (Fsp3) is 0.522. The van der Waals surface area contributed by atoms with Crippen LogP contribution in [0.5, 0.6) is 0 Å². The molecule has 11 nitrogen and oxygen atoms in total. The summed E-state index contributed by atoms with van der Waals surface area (Å²) in [5.41, 5.74) is 11.6. The fourth-order valence-electron chi connectivity index (χ4n) is 3.21. The molecule has 4 atom stereocenters. The molecule has 0 aliphatic rings. The van der Waals surface area contributed by atoms with Crippen LogP contribution in [0.1, 0.15) is 38.7 Å². The van der Waals surface area contributed by atoms with Crippen LogP contribution in [0.2, 0.25) is 0 Å². The van der Waals surface area contributed by atoms with E-state index < -0.39 is 53.8 Å². The van der Waals surface area contributed by atoms with E-state index in [0.29, 0.717) is 0 Å². The van der Waals surface area contributed by atoms with Crippen LogP contribution in [0, 0.1) is 5.92 Å². The number of nitrogens with one attached hydrogen (secondary N) is 3. The third-order valence-electron chi connectivity index (χ3n) is 5.08. The molecule has 0 aliphatic carbocycles. The van der Waals surface area contributed by atoms with Gasteiger partial charge in [-0.05, 0) is 24.3 Å². The molecule has 8 N–H and O–H groups in total. The summed E-state index contributed by atoms with van der Waals surface area (Å²) in [4.78, 5) is 61.0. The minimum atomic E-state index is -1.35. The molecule has 4 unspecified atom stereocenters. The molecule has 0 fully saturated rings. The van der Waals surface area contributed by atoms with Crippen molar-refractivity contribution in [3.05, 3.63) is 35.9 Å². The average Bonchev–Trinajstić information content (AvgIpc) is 2.79. The summed E-state index contributed by atoms with van der Waals surface area (Å²) in [6, 6.07) is 4.58. The van der Waals surface area contributed by atoms with Crippen molar-refractivity contribution in [1.29, 1.82) is 0 Å². The van der Waals surface area contributed by atoms with Gasteiger partial charge < -0.3 is 32.5 Å². The lowest BCUT2D eigenvalue weighted by Gasteiger charge is -2.26. The molecule has 1 aromatic rings. The maximum Gasteiger partial charge on any atom is 0.326 e. The molecule has 1 rings (SSSR count). The lowest BCUT2D eigenvalue weighted by molar-refractivity contribution is -0.142. The first-order valence-electron chi connectivity index (χ1n) is 11.3. The highest BCUT2D eigenvalue weighted by atomic mass is 32.1. The van der Waals surface area contributed by atoms with E-state index in [1.54, 1.807) is 24.3 Å². The second-order valence-electron chi connectivity index (χ2n) is 8.64. The molecule has 194 valence electrons. The summed E-state index contributed by atoms with van der Waals surface area (Å²) >= 11 is 4.01. The van der Waals surface area contributed by atoms with Gasteiger partial charge in [0.2, 0.25) is 23.6 Å². The summed E-state index contributed by atoms with van der Waals surface area (Å²) in [6.45, 7) is 3.67. The van der Waals surface area contributed by atoms with Gasteiger partial charge >= 0.3 is 5.97 Å². The normalized spacial score (nSPS) is 14.3. The molecule has 0 spiro atoms. The van der Waals surface area contributed by atoms with Gasteiger partial charge in [-0.15, -0.1) is 0 Å². The molecule has 0 aromatic heterocycles. The standard InChI is InChI=1S/C23H35N5O6S/c1-13(2)10-17(21(31)26-16(23(33)34)8-9-19(25)29)28-22(32)18(27-20(30)15(24)12-35)11-14-6-4-3-5-7-14/h3-7,13,15-18,35H,8-12,24H2,1-2H3,(H2,25,29)(H,26,31)(H,27,30)(H,28,32)(H,33,34). The number of amides is 4. The number of carboxylic acids is 1. The van der Waals surface area contributed by atoms with Gasteiger partial charge in [0.15, 0.2) is 0 Å². The monoisotopic (exact) mass is 509 g/mol. The second-order valence-corrected chi connectivity index (χ2v) is 9.00. The lowest BCUT2D eigenvalue weighted by Crippen LogP contribution is -2.58. The van der Waals surface area contributed by atoms with E-state index in [0.717, 1.165) is 5.56 Å². The van der Waals surface area contributed by atoms with Gasteiger partial charge in [0.05, 0.1) is 6.04 Å². The summed E-state index contributed by atoms with van der Waals surface area (Å²) in [6.07, 6.45) is -0.0614. The molecule has 0 saturated carbocycles. The van der Waals surface area contributed by atoms with Gasteiger partial charge in [-0.3, -0.25) is 19.2 Å². The largest absolute Gasteiger partial charge is 0.480 e. The van der Waals surface area contributed by atoms with E-state index in [1.807, 2.05) is 19.9 Å². The van der Waals surface area contributed by atoms with Crippen molar-refractivity contribution in [2.75, 3.05) is 5.75 Å². The molecule has 0 bridgehead atoms. The van der Waals surface area contributed by atoms with Crippen molar-refractivity contribution in [2.24, 2.45) is 17.4 Å². The van der Waals surface area contributed by atoms with Crippen molar-refractivity contribution in [3.8, 4) is 0 Å². The number of carbonyl (C=O) groups excluding carboxylic acids is 4. The van der Waals surface area contributed by atoms with Crippen molar-refractivity contribution < 1.29 is 29.1 Å². The number of hydrogen-bond acceptors (Lipinski definition) is 7. The molecule has 1 aromatic carbocycles. The Labute approximate surface area is 210 Å². The van der Waals surface area contributed by atoms with E-state index in [1.165, 1.54) is 0 Å². The van der Waals surface area contributed by atoms with Crippen LogP contribution in [0.25, 0.3) is 0 Å². The van der Waals surface area contributed by atoms with Crippen LogP contribution in [0.15, 0.2) is 30.3 Å². The molecule has 0 heterocycles. The SMILES string of the molecule is CC(C)CC(NC(=O)C(Cc1ccccc1)NC(=O)C(N)CS)C(=O)NC(CCC(N)=O)C(=O)O. The Balaban J connectivity index is 3.06. The van der Waals surface area contributed by atoms with Crippen molar-refractivity contribution >= 4 is 42.2 Å². The Morgan fingerprint density at radius 2 is 1.46 bits per heavy atom. The Morgan fingerprint density at radius 3 is 1.97 bits per heavy atom. The average molecular weight is 510 g/mol. The summed E-state index contributed by atoms with van der Waals surface area (Å²) in [5, 5.41) is 17.0. The maximum atomic E-state index is 13.2. The molecular weight excluding hydrogens is 474 g/mol. The number of carboxylic acid groups (broad SMARTS) is 1. The molecule has 0 saturated heterocycles. The quantitative estimate of drug-likeness (QED) is 0.152. The summed E-state index contributed by atoms with van der Waals surface area (Å²) < 4.78 is 0. The molecule has 0 aliphatic heterocycles. The Kier molecular flexibility index (Phi) is 12.8. The van der Waals surface area contributed by atoms with Crippen LogP contribution in [-0.2, 0) is 30.4 Å². The first-order valence-corrected chi connectivity index (χ1v) is 11.9. The summed E-state index contributed by atoms with van der Waals surface area (Å²) in [5.74, 6) is -3.90. The number of benzene rings is 1. The number of aliphatic carboxylic acids is 1. The maximum absolute atomic E-state index is 13.2. The van der Waals surface area contributed by atoms with Crippen LogP contribution in [0.4, 0.5) is 0 Å². The van der Waals surface area contributed by atoms with E-state index >= 15 is 0 Å².